The second-order valence-corrected chi connectivity index (χ2v) is 11.4. The van der Waals surface area contributed by atoms with Crippen LogP contribution in [0.15, 0.2) is 60.9 Å². The van der Waals surface area contributed by atoms with E-state index in [-0.39, 0.29) is 17.2 Å². The number of hydrogen-bond donors (Lipinski definition) is 4. The Labute approximate surface area is 268 Å². The first-order valence-electron chi connectivity index (χ1n) is 15.3. The number of carbonyl (C=O) groups excluding carboxylic acids is 2. The first kappa shape index (κ1) is 31.9. The average Bonchev–Trinajstić information content (AvgIpc) is 3.78. The molecule has 2 aromatic carbocycles. The molecule has 6 rings (SSSR count). The summed E-state index contributed by atoms with van der Waals surface area (Å²) in [5.74, 6) is 0.424. The summed E-state index contributed by atoms with van der Waals surface area (Å²) < 4.78 is 46.5. The number of halogens is 3. The molecule has 4 N–H and O–H groups in total. The quantitative estimate of drug-likeness (QED) is 0.183. The zero-order valence-electron chi connectivity index (χ0n) is 25.6. The monoisotopic (exact) mass is 649 g/mol. The minimum absolute atomic E-state index is 0.128. The van der Waals surface area contributed by atoms with Crippen LogP contribution in [0.2, 0.25) is 0 Å². The molecule has 3 heterocycles. The molecule has 1 saturated heterocycles. The van der Waals surface area contributed by atoms with Gasteiger partial charge in [0.2, 0.25) is 0 Å². The Morgan fingerprint density at radius 2 is 1.81 bits per heavy atom. The van der Waals surface area contributed by atoms with Crippen molar-refractivity contribution in [3.63, 3.8) is 0 Å². The van der Waals surface area contributed by atoms with E-state index >= 15 is 0 Å². The molecule has 1 aliphatic carbocycles. The molecule has 15 heteroatoms. The molecule has 1 saturated carbocycles. The van der Waals surface area contributed by atoms with Gasteiger partial charge in [0, 0.05) is 61.3 Å². The Kier molecular flexibility index (Phi) is 9.36. The Bertz CT molecular complexity index is 1750. The van der Waals surface area contributed by atoms with E-state index in [1.807, 2.05) is 6.92 Å². The summed E-state index contributed by atoms with van der Waals surface area (Å²) in [6.45, 7) is 5.91. The van der Waals surface area contributed by atoms with Gasteiger partial charge in [-0.2, -0.15) is 23.0 Å². The number of aromatic nitrogens is 4. The molecule has 0 radical (unpaired) electrons. The molecule has 2 aromatic heterocycles. The van der Waals surface area contributed by atoms with Crippen LogP contribution in [0, 0.1) is 6.92 Å². The molecule has 246 valence electrons. The fourth-order valence-electron chi connectivity index (χ4n) is 4.99. The summed E-state index contributed by atoms with van der Waals surface area (Å²) in [5, 5.41) is 16.8. The van der Waals surface area contributed by atoms with E-state index in [4.69, 9.17) is 4.74 Å². The summed E-state index contributed by atoms with van der Waals surface area (Å²) in [5.41, 5.74) is 0.840. The summed E-state index contributed by atoms with van der Waals surface area (Å²) in [4.78, 5) is 37.0. The number of alkyl halides is 3. The molecule has 1 aliphatic heterocycles. The Morgan fingerprint density at radius 1 is 1.00 bits per heavy atom. The van der Waals surface area contributed by atoms with Gasteiger partial charge >= 0.3 is 6.18 Å². The third kappa shape index (κ3) is 8.23. The maximum atomic E-state index is 13.2. The first-order valence-corrected chi connectivity index (χ1v) is 15.3. The van der Waals surface area contributed by atoms with Crippen LogP contribution in [-0.4, -0.2) is 81.9 Å². The number of rotatable bonds is 11. The number of benzene rings is 2. The van der Waals surface area contributed by atoms with Crippen LogP contribution in [0.25, 0.3) is 5.82 Å². The molecule has 47 heavy (non-hydrogen) atoms. The molecule has 4 aromatic rings. The number of carbonyl (C=O) groups is 2. The van der Waals surface area contributed by atoms with Crippen LogP contribution in [0.1, 0.15) is 44.8 Å². The van der Waals surface area contributed by atoms with Crippen LogP contribution in [-0.2, 0) is 10.9 Å². The SMILES string of the molecule is Cc1ccc(NC(=O)c2cccc(C(F)(F)F)c2)cc1Nc1cc(C(=O)NCCN2CCOCC2)nn1-c1cc(NC2CC2)ncn1. The zero-order chi connectivity index (χ0) is 33.0. The lowest BCUT2D eigenvalue weighted by atomic mass is 10.1. The lowest BCUT2D eigenvalue weighted by Gasteiger charge is -2.26. The van der Waals surface area contributed by atoms with Gasteiger partial charge in [-0.3, -0.25) is 14.5 Å². The van der Waals surface area contributed by atoms with Crippen molar-refractivity contribution in [1.29, 1.82) is 0 Å². The van der Waals surface area contributed by atoms with Crippen LogP contribution < -0.4 is 21.3 Å². The van der Waals surface area contributed by atoms with Crippen molar-refractivity contribution in [3.8, 4) is 5.82 Å². The van der Waals surface area contributed by atoms with E-state index in [2.05, 4.69) is 41.2 Å². The van der Waals surface area contributed by atoms with E-state index in [0.717, 1.165) is 43.6 Å². The van der Waals surface area contributed by atoms with Crippen molar-refractivity contribution in [2.75, 3.05) is 55.3 Å². The molecule has 2 aliphatic rings. The lowest BCUT2D eigenvalue weighted by molar-refractivity contribution is -0.137. The standard InChI is InChI=1S/C32H34F3N9O3/c1-20-5-6-24(40-30(45)21-3-2-4-22(15-21)32(33,34)35)16-25(20)41-29-17-26(31(46)36-9-10-43-11-13-47-14-12-43)42-44(29)28-18-27(37-19-38-28)39-23-7-8-23/h2-6,15-19,23,41H,7-14H2,1H3,(H,36,46)(H,40,45)(H,37,38,39). The van der Waals surface area contributed by atoms with Gasteiger partial charge in [0.25, 0.3) is 11.8 Å². The second kappa shape index (κ2) is 13.8. The van der Waals surface area contributed by atoms with Crippen molar-refractivity contribution in [3.05, 3.63) is 83.3 Å². The Morgan fingerprint density at radius 3 is 2.57 bits per heavy atom. The molecule has 0 spiro atoms. The second-order valence-electron chi connectivity index (χ2n) is 11.4. The van der Waals surface area contributed by atoms with E-state index < -0.39 is 17.6 Å². The fraction of sp³-hybridized carbons (Fsp3) is 0.344. The van der Waals surface area contributed by atoms with Crippen LogP contribution in [0.5, 0.6) is 0 Å². The lowest BCUT2D eigenvalue weighted by Crippen LogP contribution is -2.41. The smallest absolute Gasteiger partial charge is 0.379 e. The van der Waals surface area contributed by atoms with Crippen molar-refractivity contribution in [1.82, 2.24) is 30.0 Å². The van der Waals surface area contributed by atoms with Crippen molar-refractivity contribution in [2.45, 2.75) is 32.0 Å². The van der Waals surface area contributed by atoms with E-state index in [0.29, 0.717) is 61.2 Å². The highest BCUT2D eigenvalue weighted by Crippen LogP contribution is 2.31. The third-order valence-corrected chi connectivity index (χ3v) is 7.77. The molecular formula is C32H34F3N9O3. The van der Waals surface area contributed by atoms with Crippen LogP contribution >= 0.6 is 0 Å². The van der Waals surface area contributed by atoms with Gasteiger partial charge in [0.15, 0.2) is 11.5 Å². The van der Waals surface area contributed by atoms with Gasteiger partial charge in [-0.1, -0.05) is 12.1 Å². The molecule has 12 nitrogen and oxygen atoms in total. The predicted molar refractivity (Wildman–Crippen MR) is 169 cm³/mol. The number of anilines is 4. The third-order valence-electron chi connectivity index (χ3n) is 7.77. The highest BCUT2D eigenvalue weighted by molar-refractivity contribution is 6.04. The van der Waals surface area contributed by atoms with Gasteiger partial charge in [-0.25, -0.2) is 9.97 Å². The normalized spacial score (nSPS) is 15.2. The molecule has 2 fully saturated rings. The van der Waals surface area contributed by atoms with E-state index in [9.17, 15) is 22.8 Å². The number of nitrogens with zero attached hydrogens (tertiary/aromatic N) is 5. The predicted octanol–water partition coefficient (Wildman–Crippen LogP) is 4.62. The van der Waals surface area contributed by atoms with Crippen LogP contribution in [0.4, 0.5) is 36.2 Å². The Balaban J connectivity index is 1.23. The molecule has 0 atom stereocenters. The maximum Gasteiger partial charge on any atom is 0.416 e. The molecular weight excluding hydrogens is 615 g/mol. The average molecular weight is 650 g/mol. The Hall–Kier alpha value is -5.02. The minimum Gasteiger partial charge on any atom is -0.379 e. The summed E-state index contributed by atoms with van der Waals surface area (Å²) in [6, 6.07) is 13.0. The van der Waals surface area contributed by atoms with Crippen molar-refractivity contribution in [2.24, 2.45) is 0 Å². The molecule has 0 bridgehead atoms. The number of nitrogens with one attached hydrogen (secondary N) is 4. The number of aryl methyl sites for hydroxylation is 1. The van der Waals surface area contributed by atoms with Crippen LogP contribution in [0.3, 0.4) is 0 Å². The highest BCUT2D eigenvalue weighted by Gasteiger charge is 2.31. The number of morpholine rings is 1. The number of amides is 2. The zero-order valence-corrected chi connectivity index (χ0v) is 25.6. The minimum atomic E-state index is -4.57. The summed E-state index contributed by atoms with van der Waals surface area (Å²) >= 11 is 0. The largest absolute Gasteiger partial charge is 0.416 e. The number of hydrogen-bond acceptors (Lipinski definition) is 9. The van der Waals surface area contributed by atoms with Crippen molar-refractivity contribution >= 4 is 34.8 Å². The first-order chi connectivity index (χ1) is 22.6. The van der Waals surface area contributed by atoms with Gasteiger partial charge < -0.3 is 26.0 Å². The molecule has 0 unspecified atom stereocenters. The van der Waals surface area contributed by atoms with E-state index in [1.54, 1.807) is 30.3 Å². The van der Waals surface area contributed by atoms with Gasteiger partial charge in [0.05, 0.1) is 18.8 Å². The van der Waals surface area contributed by atoms with Gasteiger partial charge in [0.1, 0.15) is 18.0 Å². The van der Waals surface area contributed by atoms with Gasteiger partial charge in [-0.15, -0.1) is 0 Å². The van der Waals surface area contributed by atoms with E-state index in [1.165, 1.54) is 23.1 Å². The van der Waals surface area contributed by atoms with Gasteiger partial charge in [-0.05, 0) is 55.7 Å². The fourth-order valence-corrected chi connectivity index (χ4v) is 4.99. The highest BCUT2D eigenvalue weighted by atomic mass is 19.4. The van der Waals surface area contributed by atoms with Crippen molar-refractivity contribution < 1.29 is 27.5 Å². The summed E-state index contributed by atoms with van der Waals surface area (Å²) in [7, 11) is 0. The topological polar surface area (TPSA) is 138 Å². The maximum absolute atomic E-state index is 13.2. The number of ether oxygens (including phenoxy) is 1. The summed E-state index contributed by atoms with van der Waals surface area (Å²) in [6.07, 6.45) is -1.04. The molecule has 2 amide bonds.